The van der Waals surface area contributed by atoms with Gasteiger partial charge in [0.15, 0.2) is 0 Å². The summed E-state index contributed by atoms with van der Waals surface area (Å²) in [5.41, 5.74) is 19.0. The third kappa shape index (κ3) is 4.21. The lowest BCUT2D eigenvalue weighted by Crippen LogP contribution is -2.55. The molecule has 2 nitrogen and oxygen atoms in total. The maximum atomic E-state index is 2.57. The highest BCUT2D eigenvalue weighted by Gasteiger charge is 2.61. The van der Waals surface area contributed by atoms with Gasteiger partial charge in [-0.15, -0.1) is 0 Å². The van der Waals surface area contributed by atoms with E-state index in [1.807, 2.05) is 0 Å². The Bertz CT molecular complexity index is 2930. The molecule has 1 spiro atoms. The van der Waals surface area contributed by atoms with Crippen LogP contribution in [0.15, 0.2) is 158 Å². The molecule has 4 fully saturated rings. The van der Waals surface area contributed by atoms with Gasteiger partial charge in [0, 0.05) is 44.4 Å². The summed E-state index contributed by atoms with van der Waals surface area (Å²) in [4.78, 5) is 2.55. The van der Waals surface area contributed by atoms with Crippen molar-refractivity contribution in [3.8, 4) is 27.9 Å². The highest BCUT2D eigenvalue weighted by Crippen LogP contribution is 2.69. The van der Waals surface area contributed by atoms with Gasteiger partial charge in [-0.1, -0.05) is 117 Å². The molecule has 6 aliphatic carbocycles. The van der Waals surface area contributed by atoms with E-state index in [9.17, 15) is 0 Å². The molecule has 14 rings (SSSR count). The van der Waals surface area contributed by atoms with Crippen LogP contribution in [0.5, 0.6) is 0 Å². The van der Waals surface area contributed by atoms with E-state index in [0.717, 1.165) is 23.7 Å². The fourth-order valence-electron chi connectivity index (χ4n) is 13.5. The molecular weight excluding hydrogens is 689 g/mol. The number of fused-ring (bicyclic) bond motifs is 9. The fraction of sp³-hybridized carbons (Fsp3) is 0.236. The number of hydrogen-bond donors (Lipinski definition) is 0. The zero-order valence-corrected chi connectivity index (χ0v) is 32.8. The molecule has 4 saturated carbocycles. The second-order valence-corrected chi connectivity index (χ2v) is 18.6. The topological polar surface area (TPSA) is 8.17 Å². The van der Waals surface area contributed by atoms with Gasteiger partial charge in [-0.05, 0) is 155 Å². The Morgan fingerprint density at radius 3 is 1.68 bits per heavy atom. The Morgan fingerprint density at radius 1 is 0.439 bits per heavy atom. The second-order valence-electron chi connectivity index (χ2n) is 18.6. The lowest BCUT2D eigenvalue weighted by atomic mass is 9.43. The Balaban J connectivity index is 1.05. The Kier molecular flexibility index (Phi) is 6.44. The summed E-state index contributed by atoms with van der Waals surface area (Å²) in [6, 6.07) is 60.3. The quantitative estimate of drug-likeness (QED) is 0.175. The number of para-hydroxylation sites is 2. The average Bonchev–Trinajstić information content (AvgIpc) is 3.81. The third-order valence-electron chi connectivity index (χ3n) is 15.6. The SMILES string of the molecule is CC1(C)c2ccccc2-c2cc(N(c3ccc4c(c3)-c3ccccc3C43C4CC5CC(C4)CC3C5)c3ccc4c5ccccc5n(-c5ccccc5)c4c3)ccc21. The number of aromatic nitrogens is 1. The van der Waals surface area contributed by atoms with Crippen LogP contribution < -0.4 is 4.90 Å². The van der Waals surface area contributed by atoms with Crippen LogP contribution in [0.3, 0.4) is 0 Å². The van der Waals surface area contributed by atoms with Gasteiger partial charge in [0.25, 0.3) is 0 Å². The largest absolute Gasteiger partial charge is 0.310 e. The molecular formula is C55H46N2. The molecule has 1 aromatic heterocycles. The molecule has 0 N–H and O–H groups in total. The number of hydrogen-bond acceptors (Lipinski definition) is 1. The van der Waals surface area contributed by atoms with Gasteiger partial charge >= 0.3 is 0 Å². The summed E-state index contributed by atoms with van der Waals surface area (Å²) in [5, 5.41) is 2.55. The van der Waals surface area contributed by atoms with Gasteiger partial charge in [0.2, 0.25) is 0 Å². The van der Waals surface area contributed by atoms with Crippen molar-refractivity contribution in [2.75, 3.05) is 4.90 Å². The van der Waals surface area contributed by atoms with Gasteiger partial charge in [-0.2, -0.15) is 0 Å². The van der Waals surface area contributed by atoms with Crippen molar-refractivity contribution in [2.24, 2.45) is 23.7 Å². The Hall–Kier alpha value is -5.86. The number of nitrogens with zero attached hydrogens (tertiary/aromatic N) is 2. The predicted molar refractivity (Wildman–Crippen MR) is 236 cm³/mol. The molecule has 0 aliphatic heterocycles. The smallest absolute Gasteiger partial charge is 0.0561 e. The summed E-state index contributed by atoms with van der Waals surface area (Å²) in [7, 11) is 0. The Labute approximate surface area is 335 Å². The van der Waals surface area contributed by atoms with Crippen molar-refractivity contribution in [3.63, 3.8) is 0 Å². The van der Waals surface area contributed by atoms with E-state index in [1.54, 1.807) is 11.1 Å². The molecule has 57 heavy (non-hydrogen) atoms. The summed E-state index contributed by atoms with van der Waals surface area (Å²) < 4.78 is 2.45. The van der Waals surface area contributed by atoms with Crippen molar-refractivity contribution >= 4 is 38.9 Å². The lowest BCUT2D eigenvalue weighted by molar-refractivity contribution is -0.0399. The van der Waals surface area contributed by atoms with Crippen LogP contribution in [0.1, 0.15) is 68.2 Å². The molecule has 7 aromatic carbocycles. The summed E-state index contributed by atoms with van der Waals surface area (Å²) in [5.74, 6) is 3.36. The van der Waals surface area contributed by atoms with Crippen molar-refractivity contribution in [1.29, 1.82) is 0 Å². The standard InChI is InChI=1S/C55H46N2/c1-54(2)48-17-9-6-14-42(48)46-31-39(21-24-49(46)54)56(41-20-23-45-44-16-8-11-19-52(44)57(53(45)33-41)38-12-4-3-5-13-38)40-22-25-51-47(32-40)43-15-7-10-18-50(43)55(51)36-27-34-26-35(29-36)30-37(55)28-34/h3-25,31-37H,26-30H2,1-2H3. The third-order valence-corrected chi connectivity index (χ3v) is 15.6. The van der Waals surface area contributed by atoms with Crippen LogP contribution in [-0.2, 0) is 10.8 Å². The van der Waals surface area contributed by atoms with Gasteiger partial charge < -0.3 is 9.47 Å². The minimum absolute atomic E-state index is 0.0466. The van der Waals surface area contributed by atoms with Crippen LogP contribution >= 0.6 is 0 Å². The van der Waals surface area contributed by atoms with Crippen molar-refractivity contribution in [1.82, 2.24) is 4.57 Å². The summed E-state index contributed by atoms with van der Waals surface area (Å²) >= 11 is 0. The monoisotopic (exact) mass is 734 g/mol. The first kappa shape index (κ1) is 32.2. The normalized spacial score (nSPS) is 24.2. The molecule has 4 bridgehead atoms. The molecule has 0 amide bonds. The molecule has 276 valence electrons. The van der Waals surface area contributed by atoms with Crippen molar-refractivity contribution < 1.29 is 0 Å². The minimum Gasteiger partial charge on any atom is -0.310 e. The lowest BCUT2D eigenvalue weighted by Gasteiger charge is -2.61. The van der Waals surface area contributed by atoms with E-state index < -0.39 is 0 Å². The molecule has 0 saturated heterocycles. The zero-order valence-electron chi connectivity index (χ0n) is 32.8. The van der Waals surface area contributed by atoms with E-state index in [1.165, 1.54) is 110 Å². The number of benzene rings is 7. The molecule has 0 radical (unpaired) electrons. The number of anilines is 3. The molecule has 1 heterocycles. The predicted octanol–water partition coefficient (Wildman–Crippen LogP) is 14.3. The van der Waals surface area contributed by atoms with E-state index >= 15 is 0 Å². The van der Waals surface area contributed by atoms with E-state index in [2.05, 4.69) is 181 Å². The first-order chi connectivity index (χ1) is 28.0. The van der Waals surface area contributed by atoms with Crippen LogP contribution in [0.2, 0.25) is 0 Å². The number of rotatable bonds is 4. The van der Waals surface area contributed by atoms with Crippen molar-refractivity contribution in [2.45, 2.75) is 56.8 Å². The van der Waals surface area contributed by atoms with E-state index in [4.69, 9.17) is 0 Å². The van der Waals surface area contributed by atoms with Gasteiger partial charge in [0.05, 0.1) is 11.0 Å². The van der Waals surface area contributed by atoms with Gasteiger partial charge in [-0.3, -0.25) is 0 Å². The molecule has 0 atom stereocenters. The first-order valence-electron chi connectivity index (χ1n) is 21.4. The first-order valence-corrected chi connectivity index (χ1v) is 21.4. The molecule has 2 heteroatoms. The summed E-state index contributed by atoms with van der Waals surface area (Å²) in [6.45, 7) is 4.76. The van der Waals surface area contributed by atoms with Gasteiger partial charge in [-0.25, -0.2) is 0 Å². The van der Waals surface area contributed by atoms with Crippen LogP contribution in [0, 0.1) is 23.7 Å². The van der Waals surface area contributed by atoms with E-state index in [-0.39, 0.29) is 10.8 Å². The van der Waals surface area contributed by atoms with Crippen molar-refractivity contribution in [3.05, 3.63) is 180 Å². The average molecular weight is 735 g/mol. The van der Waals surface area contributed by atoms with Crippen LogP contribution in [0.25, 0.3) is 49.7 Å². The zero-order chi connectivity index (χ0) is 37.6. The molecule has 0 unspecified atom stereocenters. The molecule has 8 aromatic rings. The Morgan fingerprint density at radius 2 is 0.947 bits per heavy atom. The maximum Gasteiger partial charge on any atom is 0.0561 e. The maximum absolute atomic E-state index is 2.57. The van der Waals surface area contributed by atoms with Crippen LogP contribution in [0.4, 0.5) is 17.1 Å². The fourth-order valence-corrected chi connectivity index (χ4v) is 13.5. The highest BCUT2D eigenvalue weighted by molar-refractivity contribution is 6.10. The second kappa shape index (κ2) is 11.4. The van der Waals surface area contributed by atoms with Crippen LogP contribution in [-0.4, -0.2) is 4.57 Å². The van der Waals surface area contributed by atoms with Gasteiger partial charge in [0.1, 0.15) is 0 Å². The summed E-state index contributed by atoms with van der Waals surface area (Å²) in [6.07, 6.45) is 7.07. The van der Waals surface area contributed by atoms with E-state index in [0.29, 0.717) is 0 Å². The highest BCUT2D eigenvalue weighted by atomic mass is 15.1. The minimum atomic E-state index is -0.0466. The molecule has 6 aliphatic rings.